The molecule has 0 atom stereocenters. The van der Waals surface area contributed by atoms with Crippen LogP contribution < -0.4 is 9.46 Å². The fourth-order valence-electron chi connectivity index (χ4n) is 1.79. The van der Waals surface area contributed by atoms with E-state index in [1.165, 1.54) is 0 Å². The van der Waals surface area contributed by atoms with Gasteiger partial charge < -0.3 is 4.74 Å². The maximum absolute atomic E-state index is 11.6. The molecule has 0 aliphatic rings. The van der Waals surface area contributed by atoms with Crippen molar-refractivity contribution in [3.8, 4) is 5.88 Å². The van der Waals surface area contributed by atoms with E-state index in [9.17, 15) is 8.42 Å². The maximum atomic E-state index is 11.6. The van der Waals surface area contributed by atoms with Crippen molar-refractivity contribution in [3.63, 3.8) is 0 Å². The van der Waals surface area contributed by atoms with Gasteiger partial charge in [-0.1, -0.05) is 0 Å². The minimum absolute atomic E-state index is 0.0381. The molecule has 1 N–H and O–H groups in total. The van der Waals surface area contributed by atoms with Crippen molar-refractivity contribution in [1.29, 1.82) is 0 Å². The number of fused-ring (bicyclic) bond motifs is 1. The molecule has 2 rings (SSSR count). The van der Waals surface area contributed by atoms with Crippen molar-refractivity contribution in [2.75, 3.05) is 17.1 Å². The Balaban J connectivity index is 2.47. The third-order valence-electron chi connectivity index (χ3n) is 2.75. The van der Waals surface area contributed by atoms with Crippen molar-refractivity contribution in [2.45, 2.75) is 13.8 Å². The lowest BCUT2D eigenvalue weighted by Gasteiger charge is -2.06. The summed E-state index contributed by atoms with van der Waals surface area (Å²) in [6.07, 6.45) is 0. The minimum atomic E-state index is -3.28. The van der Waals surface area contributed by atoms with Crippen molar-refractivity contribution in [2.24, 2.45) is 7.05 Å². The van der Waals surface area contributed by atoms with Gasteiger partial charge in [0.25, 0.3) is 0 Å². The molecule has 0 fully saturated rings. The Morgan fingerprint density at radius 2 is 2.11 bits per heavy atom. The Bertz CT molecular complexity index is 692. The lowest BCUT2D eigenvalue weighted by molar-refractivity contribution is 0.326. The van der Waals surface area contributed by atoms with Gasteiger partial charge >= 0.3 is 0 Å². The molecule has 0 aliphatic carbocycles. The van der Waals surface area contributed by atoms with Gasteiger partial charge in [0.1, 0.15) is 0 Å². The highest BCUT2D eigenvalue weighted by Gasteiger charge is 2.12. The van der Waals surface area contributed by atoms with Gasteiger partial charge in [0, 0.05) is 12.7 Å². The predicted octanol–water partition coefficient (Wildman–Crippen LogP) is 1.73. The molecule has 1 aromatic carbocycles. The molecule has 19 heavy (non-hydrogen) atoms. The van der Waals surface area contributed by atoms with E-state index >= 15 is 0 Å². The number of hydrogen-bond acceptors (Lipinski definition) is 4. The van der Waals surface area contributed by atoms with Gasteiger partial charge in [-0.2, -0.15) is 0 Å². The Labute approximate surface area is 112 Å². The first kappa shape index (κ1) is 13.7. The summed E-state index contributed by atoms with van der Waals surface area (Å²) in [5.74, 6) is 0.550. The average Bonchev–Trinajstić information content (AvgIpc) is 2.66. The van der Waals surface area contributed by atoms with Crippen molar-refractivity contribution < 1.29 is 13.2 Å². The van der Waals surface area contributed by atoms with Crippen LogP contribution in [-0.2, 0) is 17.1 Å². The molecule has 0 spiro atoms. The number of rotatable bonds is 5. The first-order valence-corrected chi connectivity index (χ1v) is 7.72. The summed E-state index contributed by atoms with van der Waals surface area (Å²) in [4.78, 5) is 0. The SMILES string of the molecule is CCOc1nn(C)c2ccc(NS(=O)(=O)CC)cc12. The number of nitrogens with zero attached hydrogens (tertiary/aromatic N) is 2. The summed E-state index contributed by atoms with van der Waals surface area (Å²) in [7, 11) is -1.46. The lowest BCUT2D eigenvalue weighted by atomic mass is 10.2. The first-order chi connectivity index (χ1) is 8.96. The number of nitrogens with one attached hydrogen (secondary N) is 1. The second kappa shape index (κ2) is 5.08. The fourth-order valence-corrected chi connectivity index (χ4v) is 2.42. The number of aromatic nitrogens is 2. The molecule has 1 aromatic heterocycles. The molecule has 0 saturated heterocycles. The summed E-state index contributed by atoms with van der Waals surface area (Å²) >= 11 is 0. The molecular formula is C12H17N3O3S. The Hall–Kier alpha value is -1.76. The van der Waals surface area contributed by atoms with Crippen LogP contribution >= 0.6 is 0 Å². The van der Waals surface area contributed by atoms with Crippen LogP contribution in [0.15, 0.2) is 18.2 Å². The van der Waals surface area contributed by atoms with Crippen LogP contribution in [0.25, 0.3) is 10.9 Å². The van der Waals surface area contributed by atoms with E-state index in [0.29, 0.717) is 18.2 Å². The lowest BCUT2D eigenvalue weighted by Crippen LogP contribution is -2.14. The molecule has 0 amide bonds. The Morgan fingerprint density at radius 1 is 1.37 bits per heavy atom. The summed E-state index contributed by atoms with van der Waals surface area (Å²) in [5, 5.41) is 5.05. The zero-order valence-electron chi connectivity index (χ0n) is 11.2. The smallest absolute Gasteiger partial charge is 0.240 e. The summed E-state index contributed by atoms with van der Waals surface area (Å²) in [6, 6.07) is 5.27. The average molecular weight is 283 g/mol. The van der Waals surface area contributed by atoms with Crippen LogP contribution in [0.4, 0.5) is 5.69 Å². The second-order valence-corrected chi connectivity index (χ2v) is 6.11. The van der Waals surface area contributed by atoms with Gasteiger partial charge in [-0.3, -0.25) is 9.40 Å². The van der Waals surface area contributed by atoms with Crippen LogP contribution in [0.3, 0.4) is 0 Å². The fraction of sp³-hybridized carbons (Fsp3) is 0.417. The van der Waals surface area contributed by atoms with Crippen molar-refractivity contribution in [1.82, 2.24) is 9.78 Å². The van der Waals surface area contributed by atoms with Crippen LogP contribution in [0, 0.1) is 0 Å². The molecule has 0 unspecified atom stereocenters. The van der Waals surface area contributed by atoms with Gasteiger partial charge in [-0.05, 0) is 32.0 Å². The molecule has 0 saturated carbocycles. The van der Waals surface area contributed by atoms with E-state index < -0.39 is 10.0 Å². The zero-order valence-corrected chi connectivity index (χ0v) is 12.0. The Morgan fingerprint density at radius 3 is 2.74 bits per heavy atom. The zero-order chi connectivity index (χ0) is 14.0. The van der Waals surface area contributed by atoms with E-state index in [-0.39, 0.29) is 5.75 Å². The largest absolute Gasteiger partial charge is 0.476 e. The second-order valence-electron chi connectivity index (χ2n) is 4.10. The number of anilines is 1. The highest BCUT2D eigenvalue weighted by molar-refractivity contribution is 7.92. The van der Waals surface area contributed by atoms with Crippen LogP contribution in [-0.4, -0.2) is 30.6 Å². The molecule has 0 bridgehead atoms. The first-order valence-electron chi connectivity index (χ1n) is 6.07. The number of sulfonamides is 1. The molecule has 2 aromatic rings. The summed E-state index contributed by atoms with van der Waals surface area (Å²) in [5.41, 5.74) is 1.41. The maximum Gasteiger partial charge on any atom is 0.240 e. The predicted molar refractivity (Wildman–Crippen MR) is 75.0 cm³/mol. The van der Waals surface area contributed by atoms with Crippen molar-refractivity contribution >= 4 is 26.6 Å². The highest BCUT2D eigenvalue weighted by Crippen LogP contribution is 2.27. The normalized spacial score (nSPS) is 11.7. The molecule has 104 valence electrons. The van der Waals surface area contributed by atoms with Gasteiger partial charge in [0.2, 0.25) is 15.9 Å². The number of aryl methyl sites for hydroxylation is 1. The van der Waals surface area contributed by atoms with Crippen LogP contribution in [0.2, 0.25) is 0 Å². The molecule has 7 heteroatoms. The van der Waals surface area contributed by atoms with E-state index in [4.69, 9.17) is 4.74 Å². The van der Waals surface area contributed by atoms with Gasteiger partial charge in [-0.25, -0.2) is 8.42 Å². The van der Waals surface area contributed by atoms with E-state index in [0.717, 1.165) is 10.9 Å². The van der Waals surface area contributed by atoms with E-state index in [1.807, 2.05) is 20.0 Å². The molecule has 0 radical (unpaired) electrons. The Kier molecular flexibility index (Phi) is 3.66. The molecule has 1 heterocycles. The third kappa shape index (κ3) is 2.81. The quantitative estimate of drug-likeness (QED) is 0.907. The topological polar surface area (TPSA) is 73.2 Å². The van der Waals surface area contributed by atoms with Gasteiger partial charge in [0.05, 0.1) is 23.3 Å². The molecule has 0 aliphatic heterocycles. The monoisotopic (exact) mass is 283 g/mol. The third-order valence-corrected chi connectivity index (χ3v) is 4.06. The molecular weight excluding hydrogens is 266 g/mol. The highest BCUT2D eigenvalue weighted by atomic mass is 32.2. The van der Waals surface area contributed by atoms with Gasteiger partial charge in [0.15, 0.2) is 0 Å². The number of ether oxygens (including phenoxy) is 1. The van der Waals surface area contributed by atoms with E-state index in [2.05, 4.69) is 9.82 Å². The van der Waals surface area contributed by atoms with Crippen LogP contribution in [0.1, 0.15) is 13.8 Å². The van der Waals surface area contributed by atoms with Gasteiger partial charge in [-0.15, -0.1) is 5.10 Å². The molecule has 6 nitrogen and oxygen atoms in total. The van der Waals surface area contributed by atoms with E-state index in [1.54, 1.807) is 23.7 Å². The minimum Gasteiger partial charge on any atom is -0.476 e. The number of benzene rings is 1. The van der Waals surface area contributed by atoms with Crippen LogP contribution in [0.5, 0.6) is 5.88 Å². The standard InChI is InChI=1S/C12H17N3O3S/c1-4-18-12-10-8-9(14-19(16,17)5-2)6-7-11(10)15(3)13-12/h6-8,14H,4-5H2,1-3H3. The van der Waals surface area contributed by atoms with Crippen molar-refractivity contribution in [3.05, 3.63) is 18.2 Å². The summed E-state index contributed by atoms with van der Waals surface area (Å²) < 4.78 is 32.8. The summed E-state index contributed by atoms with van der Waals surface area (Å²) in [6.45, 7) is 3.98. The number of hydrogen-bond donors (Lipinski definition) is 1.